The lowest BCUT2D eigenvalue weighted by atomic mass is 9.88. The molecule has 0 fully saturated rings. The third kappa shape index (κ3) is 1.79. The average molecular weight is 223 g/mol. The number of ether oxygens (including phenoxy) is 2. The Morgan fingerprint density at radius 1 is 1.44 bits per heavy atom. The highest BCUT2D eigenvalue weighted by atomic mass is 16.5. The van der Waals surface area contributed by atoms with E-state index < -0.39 is 6.10 Å². The summed E-state index contributed by atoms with van der Waals surface area (Å²) < 4.78 is 10.6. The Bertz CT molecular complexity index is 370. The maximum absolute atomic E-state index is 10.1. The zero-order chi connectivity index (χ0) is 11.7. The zero-order valence-electron chi connectivity index (χ0n) is 9.80. The second-order valence-electron chi connectivity index (χ2n) is 4.16. The van der Waals surface area contributed by atoms with Crippen LogP contribution in [-0.2, 0) is 9.47 Å². The molecule has 0 saturated heterocycles. The van der Waals surface area contributed by atoms with Crippen molar-refractivity contribution in [3.05, 3.63) is 23.1 Å². The summed E-state index contributed by atoms with van der Waals surface area (Å²) in [6, 6.07) is 0. The van der Waals surface area contributed by atoms with E-state index in [9.17, 15) is 5.11 Å². The lowest BCUT2D eigenvalue weighted by Crippen LogP contribution is -2.30. The quantitative estimate of drug-likeness (QED) is 0.767. The van der Waals surface area contributed by atoms with E-state index in [1.54, 1.807) is 20.4 Å². The fourth-order valence-corrected chi connectivity index (χ4v) is 2.07. The van der Waals surface area contributed by atoms with Crippen LogP contribution in [0, 0.1) is 5.92 Å². The minimum Gasteiger partial charge on any atom is -0.498 e. The molecule has 0 bridgehead atoms. The molecule has 0 radical (unpaired) electrons. The lowest BCUT2D eigenvalue weighted by Gasteiger charge is -2.30. The number of methoxy groups -OCH3 is 2. The third-order valence-electron chi connectivity index (χ3n) is 3.13. The van der Waals surface area contributed by atoms with Crippen molar-refractivity contribution < 1.29 is 14.6 Å². The summed E-state index contributed by atoms with van der Waals surface area (Å²) in [5, 5.41) is 10.1. The van der Waals surface area contributed by atoms with Crippen LogP contribution in [0.4, 0.5) is 0 Å². The van der Waals surface area contributed by atoms with Crippen molar-refractivity contribution in [2.45, 2.75) is 25.6 Å². The Hall–Kier alpha value is -1.13. The van der Waals surface area contributed by atoms with E-state index in [0.29, 0.717) is 6.42 Å². The number of nitrogens with zero attached hydrogens (tertiary/aromatic N) is 1. The molecule has 1 aliphatic heterocycles. The third-order valence-corrected chi connectivity index (χ3v) is 3.13. The van der Waals surface area contributed by atoms with Crippen LogP contribution in [0.5, 0.6) is 0 Å². The summed E-state index contributed by atoms with van der Waals surface area (Å²) in [5.41, 5.74) is 1.76. The van der Waals surface area contributed by atoms with Gasteiger partial charge in [-0.05, 0) is 6.08 Å². The van der Waals surface area contributed by atoms with Crippen LogP contribution in [-0.4, -0.2) is 37.7 Å². The Morgan fingerprint density at radius 3 is 2.81 bits per heavy atom. The maximum atomic E-state index is 10.1. The van der Waals surface area contributed by atoms with Gasteiger partial charge in [0.25, 0.3) is 0 Å². The molecule has 0 aromatic rings. The van der Waals surface area contributed by atoms with Crippen molar-refractivity contribution in [1.82, 2.24) is 0 Å². The Balaban J connectivity index is 2.34. The normalized spacial score (nSPS) is 33.5. The summed E-state index contributed by atoms with van der Waals surface area (Å²) in [4.78, 5) is 4.36. The first-order valence-electron chi connectivity index (χ1n) is 5.41. The Morgan fingerprint density at radius 2 is 2.19 bits per heavy atom. The van der Waals surface area contributed by atoms with Gasteiger partial charge in [0, 0.05) is 36.9 Å². The van der Waals surface area contributed by atoms with Gasteiger partial charge in [0.1, 0.15) is 11.9 Å². The van der Waals surface area contributed by atoms with Crippen molar-refractivity contribution in [2.24, 2.45) is 10.9 Å². The van der Waals surface area contributed by atoms with E-state index in [0.717, 1.165) is 17.0 Å². The van der Waals surface area contributed by atoms with Gasteiger partial charge in [-0.25, -0.2) is 0 Å². The van der Waals surface area contributed by atoms with Crippen molar-refractivity contribution >= 4 is 6.21 Å². The molecule has 0 amide bonds. The summed E-state index contributed by atoms with van der Waals surface area (Å²) in [6.45, 7) is 1.95. The van der Waals surface area contributed by atoms with E-state index in [-0.39, 0.29) is 12.0 Å². The highest BCUT2D eigenvalue weighted by Crippen LogP contribution is 2.33. The average Bonchev–Trinajstić information content (AvgIpc) is 2.32. The van der Waals surface area contributed by atoms with E-state index in [4.69, 9.17) is 9.47 Å². The standard InChI is InChI=1S/C12H17NO3/c1-7-6-13-9-5-11(16-3)10(15-2)4-8(9)12(7)14/h4,6-7,11-12,14H,5H2,1-3H3/t7?,11?,12-/m0/s1. The SMILES string of the molecule is COC1=CC2=C(CC1OC)N=CC(C)[C@@H]2O. The molecular formula is C12H17NO3. The van der Waals surface area contributed by atoms with Crippen molar-refractivity contribution in [1.29, 1.82) is 0 Å². The fourth-order valence-electron chi connectivity index (χ4n) is 2.07. The molecule has 0 aromatic carbocycles. The number of aliphatic hydroxyl groups excluding tert-OH is 1. The maximum Gasteiger partial charge on any atom is 0.125 e. The van der Waals surface area contributed by atoms with Gasteiger partial charge in [0.05, 0.1) is 13.2 Å². The molecule has 1 N–H and O–H groups in total. The highest BCUT2D eigenvalue weighted by molar-refractivity contribution is 5.67. The van der Waals surface area contributed by atoms with Gasteiger partial charge in [-0.3, -0.25) is 4.99 Å². The molecule has 0 spiro atoms. The van der Waals surface area contributed by atoms with Gasteiger partial charge >= 0.3 is 0 Å². The van der Waals surface area contributed by atoms with Gasteiger partial charge in [-0.1, -0.05) is 6.92 Å². The minimum absolute atomic E-state index is 0.0483. The molecule has 2 unspecified atom stereocenters. The molecule has 1 aliphatic carbocycles. The van der Waals surface area contributed by atoms with Gasteiger partial charge in [0.15, 0.2) is 0 Å². The molecule has 1 heterocycles. The van der Waals surface area contributed by atoms with Crippen LogP contribution >= 0.6 is 0 Å². The van der Waals surface area contributed by atoms with Gasteiger partial charge in [-0.15, -0.1) is 0 Å². The Labute approximate surface area is 95.3 Å². The molecule has 2 rings (SSSR count). The summed E-state index contributed by atoms with van der Waals surface area (Å²) >= 11 is 0. The first-order chi connectivity index (χ1) is 7.67. The highest BCUT2D eigenvalue weighted by Gasteiger charge is 2.31. The molecule has 88 valence electrons. The van der Waals surface area contributed by atoms with Crippen LogP contribution < -0.4 is 0 Å². The van der Waals surface area contributed by atoms with E-state index in [1.807, 2.05) is 13.0 Å². The van der Waals surface area contributed by atoms with Crippen LogP contribution in [0.1, 0.15) is 13.3 Å². The molecule has 0 saturated carbocycles. The number of hydrogen-bond acceptors (Lipinski definition) is 4. The number of rotatable bonds is 2. The van der Waals surface area contributed by atoms with Crippen LogP contribution in [0.2, 0.25) is 0 Å². The summed E-state index contributed by atoms with van der Waals surface area (Å²) in [6.07, 6.45) is 3.72. The van der Waals surface area contributed by atoms with E-state index in [2.05, 4.69) is 4.99 Å². The van der Waals surface area contributed by atoms with Crippen LogP contribution in [0.3, 0.4) is 0 Å². The molecular weight excluding hydrogens is 206 g/mol. The van der Waals surface area contributed by atoms with Crippen LogP contribution in [0.15, 0.2) is 28.1 Å². The van der Waals surface area contributed by atoms with E-state index in [1.165, 1.54) is 0 Å². The summed E-state index contributed by atoms with van der Waals surface area (Å²) in [5.74, 6) is 0.803. The molecule has 4 heteroatoms. The first kappa shape index (κ1) is 11.4. The number of aliphatic hydroxyl groups is 1. The molecule has 3 atom stereocenters. The predicted octanol–water partition coefficient (Wildman–Crippen LogP) is 1.27. The minimum atomic E-state index is -0.490. The smallest absolute Gasteiger partial charge is 0.125 e. The number of aliphatic imine (C=N–C) groups is 1. The number of hydrogen-bond donors (Lipinski definition) is 1. The van der Waals surface area contributed by atoms with Crippen molar-refractivity contribution in [3.63, 3.8) is 0 Å². The predicted molar refractivity (Wildman–Crippen MR) is 61.2 cm³/mol. The summed E-state index contributed by atoms with van der Waals surface area (Å²) in [7, 11) is 3.26. The second-order valence-corrected chi connectivity index (χ2v) is 4.16. The molecule has 0 aromatic heterocycles. The lowest BCUT2D eigenvalue weighted by molar-refractivity contribution is 0.0739. The molecule has 16 heavy (non-hydrogen) atoms. The zero-order valence-corrected chi connectivity index (χ0v) is 9.80. The Kier molecular flexibility index (Phi) is 3.12. The first-order valence-corrected chi connectivity index (χ1v) is 5.41. The topological polar surface area (TPSA) is 51.0 Å². The fraction of sp³-hybridized carbons (Fsp3) is 0.583. The van der Waals surface area contributed by atoms with Crippen molar-refractivity contribution in [3.8, 4) is 0 Å². The molecule has 2 aliphatic rings. The largest absolute Gasteiger partial charge is 0.498 e. The van der Waals surface area contributed by atoms with Gasteiger partial charge < -0.3 is 14.6 Å². The van der Waals surface area contributed by atoms with Crippen LogP contribution in [0.25, 0.3) is 0 Å². The van der Waals surface area contributed by atoms with E-state index >= 15 is 0 Å². The van der Waals surface area contributed by atoms with Crippen molar-refractivity contribution in [2.75, 3.05) is 14.2 Å². The second kappa shape index (κ2) is 4.39. The van der Waals surface area contributed by atoms with Gasteiger partial charge in [0.2, 0.25) is 0 Å². The monoisotopic (exact) mass is 223 g/mol. The van der Waals surface area contributed by atoms with Gasteiger partial charge in [-0.2, -0.15) is 0 Å². The molecule has 4 nitrogen and oxygen atoms in total.